The molecule has 0 radical (unpaired) electrons. The molecule has 0 bridgehead atoms. The third-order valence-electron chi connectivity index (χ3n) is 6.47. The van der Waals surface area contributed by atoms with E-state index >= 15 is 0 Å². The first kappa shape index (κ1) is 16.7. The minimum absolute atomic E-state index is 0.0582. The van der Waals surface area contributed by atoms with Gasteiger partial charge < -0.3 is 0 Å². The van der Waals surface area contributed by atoms with E-state index in [4.69, 9.17) is 4.74 Å². The zero-order valence-electron chi connectivity index (χ0n) is 14.2. The summed E-state index contributed by atoms with van der Waals surface area (Å²) in [4.78, 5) is 12.0. The van der Waals surface area contributed by atoms with Gasteiger partial charge in [0.25, 0.3) is 0 Å². The van der Waals surface area contributed by atoms with Crippen molar-refractivity contribution in [3.8, 4) is 5.75 Å². The van der Waals surface area contributed by atoms with Crippen molar-refractivity contribution in [3.63, 3.8) is 0 Å². The summed E-state index contributed by atoms with van der Waals surface area (Å²) in [6, 6.07) is 6.13. The Morgan fingerprint density at radius 1 is 1.33 bits per heavy atom. The monoisotopic (exact) mass is 446 g/mol. The van der Waals surface area contributed by atoms with Gasteiger partial charge in [0, 0.05) is 0 Å². The number of methoxy groups -OCH3 is 1. The number of rotatable bonds is 2. The summed E-state index contributed by atoms with van der Waals surface area (Å²) in [6.45, 7) is 1.57. The summed E-state index contributed by atoms with van der Waals surface area (Å²) >= 11 is -2.78. The molecule has 1 aromatic carbocycles. The van der Waals surface area contributed by atoms with Gasteiger partial charge in [-0.15, -0.1) is 0 Å². The van der Waals surface area contributed by atoms with E-state index in [2.05, 4.69) is 12.1 Å². The maximum atomic E-state index is 13.2. The molecule has 4 rings (SSSR count). The van der Waals surface area contributed by atoms with Crippen LogP contribution in [0.1, 0.15) is 41.3 Å². The van der Waals surface area contributed by atoms with Crippen molar-refractivity contribution < 1.29 is 17.7 Å². The van der Waals surface area contributed by atoms with Gasteiger partial charge in [-0.3, -0.25) is 0 Å². The number of ketones is 1. The first-order chi connectivity index (χ1) is 11.5. The van der Waals surface area contributed by atoms with E-state index in [-0.39, 0.29) is 27.5 Å². The number of hydrogen-bond acceptors (Lipinski definition) is 4. The number of benzene rings is 1. The second-order valence-corrected chi connectivity index (χ2v) is 12.0. The number of aliphatic hydroxyl groups is 1. The molecule has 1 aliphatic heterocycles. The molecule has 1 aromatic rings. The van der Waals surface area contributed by atoms with Crippen LogP contribution in [-0.2, 0) is 14.3 Å². The van der Waals surface area contributed by atoms with Gasteiger partial charge in [-0.05, 0) is 0 Å². The van der Waals surface area contributed by atoms with E-state index in [1.807, 2.05) is 6.07 Å². The van der Waals surface area contributed by atoms with Crippen molar-refractivity contribution in [1.29, 1.82) is 0 Å². The fraction of sp³-hybridized carbons (Fsp3) is 0.632. The molecule has 0 unspecified atom stereocenters. The Morgan fingerprint density at radius 3 is 2.83 bits per heavy atom. The van der Waals surface area contributed by atoms with Crippen LogP contribution in [0.2, 0.25) is 4.47 Å². The number of hydrogen-bond donors (Lipinski definition) is 1. The normalized spacial score (nSPS) is 38.1. The van der Waals surface area contributed by atoms with Crippen LogP contribution in [0.3, 0.4) is 0 Å². The molecule has 1 heterocycles. The maximum absolute atomic E-state index is 13.2. The molecule has 4 nitrogen and oxygen atoms in total. The van der Waals surface area contributed by atoms with Crippen LogP contribution < -0.4 is 4.74 Å². The number of fused-ring (bicyclic) bond motifs is 5. The van der Waals surface area contributed by atoms with Crippen LogP contribution in [0.5, 0.6) is 5.75 Å². The minimum atomic E-state index is -2.78. The van der Waals surface area contributed by atoms with Gasteiger partial charge >= 0.3 is 150 Å². The number of aryl methyl sites for hydroxylation is 1. The molecule has 0 aromatic heterocycles. The van der Waals surface area contributed by atoms with Crippen molar-refractivity contribution in [2.45, 2.75) is 46.6 Å². The van der Waals surface area contributed by atoms with E-state index in [1.165, 1.54) is 11.1 Å². The average molecular weight is 444 g/mol. The molecule has 24 heavy (non-hydrogen) atoms. The van der Waals surface area contributed by atoms with Gasteiger partial charge in [-0.25, -0.2) is 0 Å². The van der Waals surface area contributed by atoms with E-state index in [0.29, 0.717) is 4.47 Å². The molecular weight excluding hydrogens is 420 g/mol. The summed E-state index contributed by atoms with van der Waals surface area (Å²) in [5.74, 6) is 0.925. The van der Waals surface area contributed by atoms with Gasteiger partial charge in [0.1, 0.15) is 0 Å². The summed E-state index contributed by atoms with van der Waals surface area (Å²) < 4.78 is 19.1. The Kier molecular flexibility index (Phi) is 4.10. The van der Waals surface area contributed by atoms with Gasteiger partial charge in [-0.2, -0.15) is 0 Å². The third kappa shape index (κ3) is 2.32. The summed E-state index contributed by atoms with van der Waals surface area (Å²) in [6.07, 6.45) is 3.56. The average Bonchev–Trinajstić information content (AvgIpc) is 2.90. The third-order valence-corrected chi connectivity index (χ3v) is 11.9. The summed E-state index contributed by atoms with van der Waals surface area (Å²) in [5.41, 5.74) is 1.46. The molecule has 130 valence electrons. The molecule has 5 heteroatoms. The SMILES string of the molecule is COc1ccc2c(c1)[C@@H]1[C@@H](CC2)[C@@H]2CC[C@@H](C(C)=O)[C@@]2(O)C[Te]1=O. The molecule has 0 spiro atoms. The van der Waals surface area contributed by atoms with Gasteiger partial charge in [0.15, 0.2) is 0 Å². The summed E-state index contributed by atoms with van der Waals surface area (Å²) in [7, 11) is 1.66. The van der Waals surface area contributed by atoms with Crippen LogP contribution in [0.4, 0.5) is 0 Å². The molecule has 2 fully saturated rings. The molecule has 0 amide bonds. The first-order valence-electron chi connectivity index (χ1n) is 8.72. The fourth-order valence-electron chi connectivity index (χ4n) is 5.42. The predicted octanol–water partition coefficient (Wildman–Crippen LogP) is 2.66. The van der Waals surface area contributed by atoms with Crippen LogP contribution in [-0.4, -0.2) is 43.1 Å². The van der Waals surface area contributed by atoms with E-state index in [9.17, 15) is 13.0 Å². The van der Waals surface area contributed by atoms with Crippen molar-refractivity contribution >= 4 is 25.3 Å². The zero-order chi connectivity index (χ0) is 17.1. The predicted molar refractivity (Wildman–Crippen MR) is 90.6 cm³/mol. The number of ether oxygens (including phenoxy) is 1. The molecule has 2 aliphatic carbocycles. The Balaban J connectivity index is 1.75. The van der Waals surface area contributed by atoms with Crippen molar-refractivity contribution in [2.75, 3.05) is 7.11 Å². The molecule has 1 N–H and O–H groups in total. The summed E-state index contributed by atoms with van der Waals surface area (Å²) in [5, 5.41) is 11.3. The molecule has 1 saturated heterocycles. The van der Waals surface area contributed by atoms with Gasteiger partial charge in [0.05, 0.1) is 0 Å². The Morgan fingerprint density at radius 2 is 2.12 bits per heavy atom. The number of carbonyl (C=O) groups excluding carboxylic acids is 1. The van der Waals surface area contributed by atoms with E-state index < -0.39 is 25.1 Å². The zero-order valence-corrected chi connectivity index (χ0v) is 16.5. The molecular formula is C19H24O4Te. The molecule has 1 saturated carbocycles. The van der Waals surface area contributed by atoms with Crippen LogP contribution in [0.25, 0.3) is 0 Å². The number of carbonyl (C=O) groups is 1. The van der Waals surface area contributed by atoms with E-state index in [1.54, 1.807) is 14.0 Å². The van der Waals surface area contributed by atoms with Gasteiger partial charge in [-0.1, -0.05) is 0 Å². The van der Waals surface area contributed by atoms with Gasteiger partial charge in [0.2, 0.25) is 0 Å². The quantitative estimate of drug-likeness (QED) is 0.714. The fourth-order valence-corrected chi connectivity index (χ4v) is 11.9. The van der Waals surface area contributed by atoms with Crippen molar-refractivity contribution in [2.24, 2.45) is 17.8 Å². The van der Waals surface area contributed by atoms with Crippen LogP contribution >= 0.6 is 0 Å². The van der Waals surface area contributed by atoms with Crippen molar-refractivity contribution in [3.05, 3.63) is 29.3 Å². The Hall–Kier alpha value is -0.760. The Bertz CT molecular complexity index is 715. The second-order valence-electron chi connectivity index (χ2n) is 7.55. The molecule has 3 aliphatic rings. The molecule has 5 atom stereocenters. The van der Waals surface area contributed by atoms with Crippen LogP contribution in [0, 0.1) is 17.8 Å². The second kappa shape index (κ2) is 5.90. The standard InChI is InChI=1S/C19H24O4Te/c1-11(20)16-7-8-17-14-6-4-12-3-5-13(23-2)9-15(12)18(14)24(22)10-19(16,17)21/h3,5,9,14,16-18,21H,4,6-8,10H2,1-2H3/t14-,16-,17-,18-,19-/m0/s1. The number of Topliss-reactive ketones (excluding diaryl/α,β-unsaturated/α-hetero) is 1. The van der Waals surface area contributed by atoms with Crippen molar-refractivity contribution in [1.82, 2.24) is 0 Å². The topological polar surface area (TPSA) is 63.6 Å². The van der Waals surface area contributed by atoms with Crippen LogP contribution in [0.15, 0.2) is 18.2 Å². The van der Waals surface area contributed by atoms with E-state index in [0.717, 1.165) is 31.4 Å². The Labute approximate surface area is 149 Å². The first-order valence-corrected chi connectivity index (χ1v) is 12.7.